The lowest BCUT2D eigenvalue weighted by Gasteiger charge is -2.42. The van der Waals surface area contributed by atoms with Gasteiger partial charge < -0.3 is 19.6 Å². The average molecular weight is 717 g/mol. The molecule has 5 rings (SSSR count). The molecule has 1 amide bonds. The number of phenols is 1. The number of rotatable bonds is 5. The number of sulfone groups is 1. The summed E-state index contributed by atoms with van der Waals surface area (Å²) in [5, 5.41) is 10.3. The van der Waals surface area contributed by atoms with Crippen molar-refractivity contribution in [2.75, 3.05) is 30.8 Å². The molecular weight excluding hydrogens is 678 g/mol. The van der Waals surface area contributed by atoms with Crippen LogP contribution in [0.15, 0.2) is 46.2 Å². The summed E-state index contributed by atoms with van der Waals surface area (Å²) in [5.41, 5.74) is -2.26. The molecule has 14 heteroatoms. The maximum absolute atomic E-state index is 17.4. The van der Waals surface area contributed by atoms with Crippen molar-refractivity contribution in [2.45, 2.75) is 70.9 Å². The molecule has 1 saturated heterocycles. The molecule has 1 aliphatic rings. The van der Waals surface area contributed by atoms with E-state index in [4.69, 9.17) is 16.3 Å². The number of piperazine rings is 1. The molecule has 1 fully saturated rings. The SMILES string of the molecule is Cc1ccnc(C(C)C)c1-n1c(=O)c(S(C)(=O)=O)c(N2CCN(C(=O)OC(C)(C)C)[C@H](C)C2)c2cc(Cl)c(-c3c(O)cccc3F)c(F)c21. The Kier molecular flexibility index (Phi) is 9.50. The predicted molar refractivity (Wildman–Crippen MR) is 186 cm³/mol. The largest absolute Gasteiger partial charge is 0.507 e. The normalized spacial score (nSPS) is 15.7. The number of carbonyl (C=O) groups excluding carboxylic acids is 1. The number of aromatic hydroxyl groups is 1. The topological polar surface area (TPSA) is 122 Å². The first kappa shape index (κ1) is 36.1. The second-order valence-corrected chi connectivity index (χ2v) is 16.0. The van der Waals surface area contributed by atoms with Crippen LogP contribution >= 0.6 is 11.6 Å². The highest BCUT2D eigenvalue weighted by atomic mass is 35.5. The second kappa shape index (κ2) is 12.9. The number of aryl methyl sites for hydroxylation is 1. The van der Waals surface area contributed by atoms with Crippen molar-refractivity contribution in [3.8, 4) is 22.6 Å². The Labute approximate surface area is 288 Å². The van der Waals surface area contributed by atoms with Crippen molar-refractivity contribution in [1.29, 1.82) is 0 Å². The number of anilines is 1. The van der Waals surface area contributed by atoms with E-state index in [0.29, 0.717) is 11.3 Å². The molecule has 1 N–H and O–H groups in total. The predicted octanol–water partition coefficient (Wildman–Crippen LogP) is 6.97. The monoisotopic (exact) mass is 716 g/mol. The van der Waals surface area contributed by atoms with Crippen LogP contribution in [0.4, 0.5) is 19.3 Å². The van der Waals surface area contributed by atoms with Crippen molar-refractivity contribution < 1.29 is 31.8 Å². The van der Waals surface area contributed by atoms with Gasteiger partial charge in [-0.15, -0.1) is 0 Å². The van der Waals surface area contributed by atoms with Crippen molar-refractivity contribution in [1.82, 2.24) is 14.5 Å². The van der Waals surface area contributed by atoms with Gasteiger partial charge in [-0.3, -0.25) is 14.3 Å². The number of pyridine rings is 2. The van der Waals surface area contributed by atoms with Crippen LogP contribution in [0.2, 0.25) is 5.02 Å². The summed E-state index contributed by atoms with van der Waals surface area (Å²) in [7, 11) is -4.32. The van der Waals surface area contributed by atoms with Crippen molar-refractivity contribution in [3.63, 3.8) is 0 Å². The molecule has 4 aromatic rings. The van der Waals surface area contributed by atoms with Gasteiger partial charge in [-0.1, -0.05) is 31.5 Å². The summed E-state index contributed by atoms with van der Waals surface area (Å²) in [5.74, 6) is -2.99. The van der Waals surface area contributed by atoms with Crippen LogP contribution in [0, 0.1) is 18.6 Å². The Bertz CT molecular complexity index is 2140. The van der Waals surface area contributed by atoms with E-state index in [2.05, 4.69) is 4.98 Å². The number of halogens is 3. The lowest BCUT2D eigenvalue weighted by Crippen LogP contribution is -2.55. The number of amides is 1. The number of aromatic nitrogens is 2. The number of carbonyl (C=O) groups is 1. The molecule has 0 unspecified atom stereocenters. The van der Waals surface area contributed by atoms with E-state index in [9.17, 15) is 23.1 Å². The Balaban J connectivity index is 1.93. The van der Waals surface area contributed by atoms with Gasteiger partial charge in [-0.25, -0.2) is 22.0 Å². The number of nitrogens with zero attached hydrogens (tertiary/aromatic N) is 4. The molecular formula is C35H39ClF2N4O6S. The lowest BCUT2D eigenvalue weighted by atomic mass is 9.98. The molecule has 0 aliphatic carbocycles. The Hall–Kier alpha value is -4.23. The van der Waals surface area contributed by atoms with Gasteiger partial charge in [0.2, 0.25) is 0 Å². The smallest absolute Gasteiger partial charge is 0.410 e. The number of ether oxygens (including phenoxy) is 1. The molecule has 0 spiro atoms. The molecule has 3 heterocycles. The van der Waals surface area contributed by atoms with Gasteiger partial charge in [0.15, 0.2) is 20.5 Å². The zero-order valence-corrected chi connectivity index (χ0v) is 30.1. The average Bonchev–Trinajstić information content (AvgIpc) is 2.97. The molecule has 2 aromatic heterocycles. The minimum absolute atomic E-state index is 0.0435. The van der Waals surface area contributed by atoms with Gasteiger partial charge in [0.1, 0.15) is 17.2 Å². The maximum atomic E-state index is 17.4. The standard InChI is InChI=1S/C35H39ClF2N4O6S/c1-18(2)28-29(19(3)12-13-39-28)42-30-21(16-22(36)25(27(30)38)26-23(37)10-9-11-24(26)43)31(32(33(42)44)49(8,46)47)40-14-15-41(20(4)17-40)34(45)48-35(5,6)7/h9-13,16,18,20,43H,14-15,17H2,1-8H3/t20-/m1/s1. The Morgan fingerprint density at radius 3 is 2.37 bits per heavy atom. The maximum Gasteiger partial charge on any atom is 0.410 e. The van der Waals surface area contributed by atoms with Gasteiger partial charge in [0.05, 0.1) is 33.2 Å². The molecule has 262 valence electrons. The van der Waals surface area contributed by atoms with Crippen LogP contribution in [0.1, 0.15) is 58.7 Å². The van der Waals surface area contributed by atoms with Gasteiger partial charge in [-0.05, 0) is 70.4 Å². The van der Waals surface area contributed by atoms with Crippen LogP contribution in [0.5, 0.6) is 5.75 Å². The van der Waals surface area contributed by atoms with Crippen LogP contribution in [-0.2, 0) is 14.6 Å². The van der Waals surface area contributed by atoms with Crippen LogP contribution in [-0.4, -0.2) is 71.6 Å². The van der Waals surface area contributed by atoms with Crippen molar-refractivity contribution in [3.05, 3.63) is 74.8 Å². The van der Waals surface area contributed by atoms with Gasteiger partial charge in [-0.2, -0.15) is 0 Å². The number of hydrogen-bond acceptors (Lipinski definition) is 8. The number of benzene rings is 2. The molecule has 10 nitrogen and oxygen atoms in total. The van der Waals surface area contributed by atoms with Crippen molar-refractivity contribution in [2.24, 2.45) is 0 Å². The van der Waals surface area contributed by atoms with Gasteiger partial charge in [0.25, 0.3) is 5.56 Å². The van der Waals surface area contributed by atoms with Crippen LogP contribution in [0.3, 0.4) is 0 Å². The molecule has 0 bridgehead atoms. The molecule has 1 aliphatic heterocycles. The quantitative estimate of drug-likeness (QED) is 0.235. The summed E-state index contributed by atoms with van der Waals surface area (Å²) >= 11 is 6.72. The third-order valence-corrected chi connectivity index (χ3v) is 9.80. The number of fused-ring (bicyclic) bond motifs is 1. The fourth-order valence-electron chi connectivity index (χ4n) is 6.32. The molecule has 49 heavy (non-hydrogen) atoms. The first-order valence-electron chi connectivity index (χ1n) is 15.7. The van der Waals surface area contributed by atoms with E-state index in [1.165, 1.54) is 29.3 Å². The minimum Gasteiger partial charge on any atom is -0.507 e. The number of phenolic OH excluding ortho intramolecular Hbond substituents is 1. The van der Waals surface area contributed by atoms with E-state index >= 15 is 8.78 Å². The highest BCUT2D eigenvalue weighted by molar-refractivity contribution is 7.90. The van der Waals surface area contributed by atoms with Crippen molar-refractivity contribution >= 4 is 44.1 Å². The zero-order valence-electron chi connectivity index (χ0n) is 28.6. The molecule has 0 radical (unpaired) electrons. The van der Waals surface area contributed by atoms with E-state index in [1.54, 1.807) is 45.6 Å². The number of hydrogen-bond donors (Lipinski definition) is 1. The highest BCUT2D eigenvalue weighted by Crippen LogP contribution is 2.45. The van der Waals surface area contributed by atoms with Crippen LogP contribution in [0.25, 0.3) is 27.7 Å². The zero-order chi connectivity index (χ0) is 36.3. The molecule has 2 aromatic carbocycles. The second-order valence-electron chi connectivity index (χ2n) is 13.7. The van der Waals surface area contributed by atoms with E-state index < -0.39 is 66.5 Å². The molecule has 1 atom stereocenters. The lowest BCUT2D eigenvalue weighted by molar-refractivity contribution is 0.0159. The fraction of sp³-hybridized carbons (Fsp3) is 0.400. The Morgan fingerprint density at radius 2 is 1.80 bits per heavy atom. The summed E-state index contributed by atoms with van der Waals surface area (Å²) in [6, 6.07) is 5.84. The molecule has 0 saturated carbocycles. The summed E-state index contributed by atoms with van der Waals surface area (Å²) in [6.07, 6.45) is 1.88. The van der Waals surface area contributed by atoms with Gasteiger partial charge >= 0.3 is 6.09 Å². The van der Waals surface area contributed by atoms with E-state index in [-0.39, 0.29) is 52.9 Å². The highest BCUT2D eigenvalue weighted by Gasteiger charge is 2.37. The summed E-state index contributed by atoms with van der Waals surface area (Å²) in [4.78, 5) is 34.8. The third-order valence-electron chi connectivity index (χ3n) is 8.39. The Morgan fingerprint density at radius 1 is 1.12 bits per heavy atom. The fourth-order valence-corrected chi connectivity index (χ4v) is 7.61. The third kappa shape index (κ3) is 6.58. The van der Waals surface area contributed by atoms with E-state index in [1.807, 2.05) is 13.8 Å². The van der Waals surface area contributed by atoms with E-state index in [0.717, 1.165) is 16.9 Å². The van der Waals surface area contributed by atoms with Gasteiger partial charge in [0, 0.05) is 49.1 Å². The summed E-state index contributed by atoms with van der Waals surface area (Å²) < 4.78 is 66.5. The summed E-state index contributed by atoms with van der Waals surface area (Å²) in [6.45, 7) is 12.5. The first-order chi connectivity index (χ1) is 22.7. The first-order valence-corrected chi connectivity index (χ1v) is 18.0. The van der Waals surface area contributed by atoms with Crippen LogP contribution < -0.4 is 10.5 Å². The minimum atomic E-state index is -4.32.